The zero-order valence-corrected chi connectivity index (χ0v) is 15.1. The molecule has 1 N–H and O–H groups in total. The number of benzene rings is 1. The molecule has 0 saturated carbocycles. The summed E-state index contributed by atoms with van der Waals surface area (Å²) in [5.74, 6) is 1.51. The fourth-order valence-corrected chi connectivity index (χ4v) is 3.13. The van der Waals surface area contributed by atoms with Crippen LogP contribution in [0.4, 0.5) is 0 Å². The number of para-hydroxylation sites is 2. The van der Waals surface area contributed by atoms with Gasteiger partial charge in [-0.05, 0) is 51.9 Å². The van der Waals surface area contributed by atoms with E-state index in [9.17, 15) is 4.79 Å². The number of hydrogen-bond acceptors (Lipinski definition) is 4. The minimum Gasteiger partial charge on any atom is -0.493 e. The summed E-state index contributed by atoms with van der Waals surface area (Å²) in [7, 11) is 3.78. The van der Waals surface area contributed by atoms with Crippen LogP contribution in [0.2, 0.25) is 0 Å². The lowest BCUT2D eigenvalue weighted by molar-refractivity contribution is -0.121. The second-order valence-corrected chi connectivity index (χ2v) is 6.55. The Morgan fingerprint density at radius 1 is 1.33 bits per heavy atom. The summed E-state index contributed by atoms with van der Waals surface area (Å²) in [6.45, 7) is 3.59. The average molecular weight is 334 g/mol. The molecule has 0 aromatic heterocycles. The van der Waals surface area contributed by atoms with Crippen LogP contribution in [0, 0.1) is 0 Å². The molecule has 0 aliphatic carbocycles. The summed E-state index contributed by atoms with van der Waals surface area (Å²) in [4.78, 5) is 14.4. The normalized spacial score (nSPS) is 19.5. The van der Waals surface area contributed by atoms with Crippen molar-refractivity contribution in [3.63, 3.8) is 0 Å². The van der Waals surface area contributed by atoms with Crippen molar-refractivity contribution in [2.75, 3.05) is 27.2 Å². The smallest absolute Gasteiger partial charge is 0.220 e. The maximum Gasteiger partial charge on any atom is 0.220 e. The standard InChI is InChI=1S/C19H30N2O3/c1-15(24-18-10-5-4-9-17(18)23-3)14-20-19(22)12-11-16-8-6-7-13-21(16)2/h4-5,9-10,15-16H,6-8,11-14H2,1-3H3,(H,20,22)/t15-,16-/m1/s1. The molecule has 0 spiro atoms. The van der Waals surface area contributed by atoms with Gasteiger partial charge >= 0.3 is 0 Å². The largest absolute Gasteiger partial charge is 0.493 e. The van der Waals surface area contributed by atoms with Crippen molar-refractivity contribution >= 4 is 5.91 Å². The van der Waals surface area contributed by atoms with Gasteiger partial charge in [0, 0.05) is 12.5 Å². The first kappa shape index (κ1) is 18.6. The lowest BCUT2D eigenvalue weighted by Crippen LogP contribution is -2.38. The third-order valence-electron chi connectivity index (χ3n) is 4.61. The van der Waals surface area contributed by atoms with Crippen LogP contribution in [0.5, 0.6) is 11.5 Å². The van der Waals surface area contributed by atoms with Crippen LogP contribution in [0.25, 0.3) is 0 Å². The number of nitrogens with one attached hydrogen (secondary N) is 1. The molecule has 0 unspecified atom stereocenters. The molecule has 1 amide bonds. The molecule has 1 heterocycles. The molecule has 134 valence electrons. The Labute approximate surface area is 145 Å². The molecule has 0 bridgehead atoms. The maximum atomic E-state index is 12.1. The number of carbonyl (C=O) groups is 1. The van der Waals surface area contributed by atoms with E-state index in [0.717, 1.165) is 13.0 Å². The number of nitrogens with zero attached hydrogens (tertiary/aromatic N) is 1. The van der Waals surface area contributed by atoms with Gasteiger partial charge < -0.3 is 19.7 Å². The van der Waals surface area contributed by atoms with E-state index in [-0.39, 0.29) is 12.0 Å². The van der Waals surface area contributed by atoms with Crippen molar-refractivity contribution < 1.29 is 14.3 Å². The number of amides is 1. The SMILES string of the molecule is COc1ccccc1O[C@H](C)CNC(=O)CC[C@H]1CCCCN1C. The summed E-state index contributed by atoms with van der Waals surface area (Å²) in [6.07, 6.45) is 5.16. The highest BCUT2D eigenvalue weighted by molar-refractivity contribution is 5.75. The summed E-state index contributed by atoms with van der Waals surface area (Å²) in [5.41, 5.74) is 0. The molecule has 1 aliphatic heterocycles. The van der Waals surface area contributed by atoms with Crippen molar-refractivity contribution in [1.82, 2.24) is 10.2 Å². The van der Waals surface area contributed by atoms with Crippen LogP contribution in [-0.4, -0.2) is 50.2 Å². The lowest BCUT2D eigenvalue weighted by atomic mass is 9.98. The number of likely N-dealkylation sites (tertiary alicyclic amines) is 1. The third-order valence-corrected chi connectivity index (χ3v) is 4.61. The highest BCUT2D eigenvalue weighted by Gasteiger charge is 2.19. The number of piperidine rings is 1. The molecule has 2 rings (SSSR count). The van der Waals surface area contributed by atoms with E-state index in [1.54, 1.807) is 7.11 Å². The Bertz CT molecular complexity index is 521. The number of carbonyl (C=O) groups excluding carboxylic acids is 1. The molecule has 1 aromatic rings. The van der Waals surface area contributed by atoms with E-state index in [1.165, 1.54) is 19.3 Å². The van der Waals surface area contributed by atoms with E-state index >= 15 is 0 Å². The predicted molar refractivity (Wildman–Crippen MR) is 95.6 cm³/mol. The van der Waals surface area contributed by atoms with Crippen molar-refractivity contribution in [2.24, 2.45) is 0 Å². The summed E-state index contributed by atoms with van der Waals surface area (Å²) < 4.78 is 11.1. The van der Waals surface area contributed by atoms with Crippen LogP contribution in [-0.2, 0) is 4.79 Å². The summed E-state index contributed by atoms with van der Waals surface area (Å²) >= 11 is 0. The fraction of sp³-hybridized carbons (Fsp3) is 0.632. The minimum absolute atomic E-state index is 0.101. The molecule has 0 radical (unpaired) electrons. The molecule has 1 aliphatic rings. The van der Waals surface area contributed by atoms with Crippen molar-refractivity contribution in [3.8, 4) is 11.5 Å². The Morgan fingerprint density at radius 3 is 2.79 bits per heavy atom. The zero-order chi connectivity index (χ0) is 17.4. The van der Waals surface area contributed by atoms with Gasteiger partial charge in [0.25, 0.3) is 0 Å². The van der Waals surface area contributed by atoms with E-state index < -0.39 is 0 Å². The predicted octanol–water partition coefficient (Wildman–Crippen LogP) is 2.84. The van der Waals surface area contributed by atoms with Gasteiger partial charge in [-0.15, -0.1) is 0 Å². The first-order valence-corrected chi connectivity index (χ1v) is 8.86. The van der Waals surface area contributed by atoms with E-state index in [2.05, 4.69) is 17.3 Å². The molecular formula is C19H30N2O3. The minimum atomic E-state index is -0.109. The van der Waals surface area contributed by atoms with Crippen molar-refractivity contribution in [1.29, 1.82) is 0 Å². The van der Waals surface area contributed by atoms with Crippen molar-refractivity contribution in [3.05, 3.63) is 24.3 Å². The van der Waals surface area contributed by atoms with E-state index in [4.69, 9.17) is 9.47 Å². The molecule has 24 heavy (non-hydrogen) atoms. The van der Waals surface area contributed by atoms with Gasteiger partial charge in [-0.25, -0.2) is 0 Å². The van der Waals surface area contributed by atoms with Gasteiger partial charge in [0.15, 0.2) is 11.5 Å². The highest BCUT2D eigenvalue weighted by Crippen LogP contribution is 2.26. The van der Waals surface area contributed by atoms with Crippen LogP contribution in [0.3, 0.4) is 0 Å². The summed E-state index contributed by atoms with van der Waals surface area (Å²) in [6, 6.07) is 8.09. The maximum absolute atomic E-state index is 12.1. The van der Waals surface area contributed by atoms with Crippen LogP contribution < -0.4 is 14.8 Å². The second-order valence-electron chi connectivity index (χ2n) is 6.55. The van der Waals surface area contributed by atoms with Crippen LogP contribution in [0.15, 0.2) is 24.3 Å². The lowest BCUT2D eigenvalue weighted by Gasteiger charge is -2.32. The number of rotatable bonds is 8. The van der Waals surface area contributed by atoms with Gasteiger partial charge in [0.05, 0.1) is 13.7 Å². The first-order valence-electron chi connectivity index (χ1n) is 8.86. The molecule has 1 aromatic carbocycles. The summed E-state index contributed by atoms with van der Waals surface area (Å²) in [5, 5.41) is 2.97. The Morgan fingerprint density at radius 2 is 2.08 bits per heavy atom. The van der Waals surface area contributed by atoms with Gasteiger partial charge in [-0.3, -0.25) is 4.79 Å². The number of ether oxygens (including phenoxy) is 2. The number of hydrogen-bond donors (Lipinski definition) is 1. The van der Waals surface area contributed by atoms with Gasteiger partial charge in [0.1, 0.15) is 6.10 Å². The second kappa shape index (κ2) is 9.52. The van der Waals surface area contributed by atoms with Gasteiger partial charge in [-0.1, -0.05) is 18.6 Å². The fourth-order valence-electron chi connectivity index (χ4n) is 3.13. The monoisotopic (exact) mass is 334 g/mol. The highest BCUT2D eigenvalue weighted by atomic mass is 16.5. The van der Waals surface area contributed by atoms with Gasteiger partial charge in [0.2, 0.25) is 5.91 Å². The quantitative estimate of drug-likeness (QED) is 0.794. The van der Waals surface area contributed by atoms with Gasteiger partial charge in [-0.2, -0.15) is 0 Å². The molecule has 1 saturated heterocycles. The van der Waals surface area contributed by atoms with Crippen LogP contribution >= 0.6 is 0 Å². The first-order chi connectivity index (χ1) is 11.6. The Balaban J connectivity index is 1.69. The molecule has 5 heteroatoms. The molecule has 2 atom stereocenters. The topological polar surface area (TPSA) is 50.8 Å². The third kappa shape index (κ3) is 5.71. The number of methoxy groups -OCH3 is 1. The zero-order valence-electron chi connectivity index (χ0n) is 15.1. The molecular weight excluding hydrogens is 304 g/mol. The molecule has 5 nitrogen and oxygen atoms in total. The van der Waals surface area contributed by atoms with Crippen molar-refractivity contribution in [2.45, 2.75) is 51.2 Å². The van der Waals surface area contributed by atoms with E-state index in [1.807, 2.05) is 31.2 Å². The van der Waals surface area contributed by atoms with E-state index in [0.29, 0.717) is 30.5 Å². The Hall–Kier alpha value is -1.75. The average Bonchev–Trinajstić information content (AvgIpc) is 2.59. The Kier molecular flexibility index (Phi) is 7.37. The van der Waals surface area contributed by atoms with Crippen LogP contribution in [0.1, 0.15) is 39.0 Å². The molecule has 1 fully saturated rings.